The molecule has 1 aromatic rings. The predicted molar refractivity (Wildman–Crippen MR) is 68.1 cm³/mol. The molecule has 0 fully saturated rings. The highest BCUT2D eigenvalue weighted by atomic mass is 16.2. The molecule has 0 atom stereocenters. The van der Waals surface area contributed by atoms with Gasteiger partial charge in [0.25, 0.3) is 5.91 Å². The average Bonchev–Trinajstić information content (AvgIpc) is 2.14. The highest BCUT2D eigenvalue weighted by molar-refractivity contribution is 6.43. The third-order valence-corrected chi connectivity index (χ3v) is 2.32. The molecular weight excluding hydrogens is 214 g/mol. The van der Waals surface area contributed by atoms with Crippen LogP contribution < -0.4 is 5.32 Å². The van der Waals surface area contributed by atoms with E-state index in [1.165, 1.54) is 0 Å². The maximum absolute atomic E-state index is 11.9. The highest BCUT2D eigenvalue weighted by Crippen LogP contribution is 2.12. The molecule has 0 radical (unpaired) electrons. The first kappa shape index (κ1) is 13.4. The quantitative estimate of drug-likeness (QED) is 0.629. The summed E-state index contributed by atoms with van der Waals surface area (Å²) in [6.45, 7) is 9.33. The molecule has 0 heterocycles. The number of benzene rings is 1. The van der Waals surface area contributed by atoms with Gasteiger partial charge < -0.3 is 5.32 Å². The van der Waals surface area contributed by atoms with Crippen molar-refractivity contribution in [2.75, 3.05) is 0 Å². The van der Waals surface area contributed by atoms with Crippen LogP contribution in [0.4, 0.5) is 0 Å². The number of ketones is 1. The van der Waals surface area contributed by atoms with E-state index in [9.17, 15) is 9.59 Å². The number of hydrogen-bond acceptors (Lipinski definition) is 2. The van der Waals surface area contributed by atoms with Gasteiger partial charge in [0.15, 0.2) is 0 Å². The zero-order valence-corrected chi connectivity index (χ0v) is 11.0. The summed E-state index contributed by atoms with van der Waals surface area (Å²) in [5.74, 6) is -1.03. The van der Waals surface area contributed by atoms with E-state index >= 15 is 0 Å². The second-order valence-electron chi connectivity index (χ2n) is 5.35. The molecule has 0 aliphatic rings. The van der Waals surface area contributed by atoms with E-state index in [1.54, 1.807) is 6.07 Å². The van der Waals surface area contributed by atoms with E-state index in [-0.39, 0.29) is 0 Å². The Morgan fingerprint density at radius 2 is 1.71 bits per heavy atom. The molecule has 1 rings (SSSR count). The molecule has 0 aliphatic heterocycles. The minimum absolute atomic E-state index is 0.397. The summed E-state index contributed by atoms with van der Waals surface area (Å²) in [6.07, 6.45) is 0. The van der Waals surface area contributed by atoms with E-state index in [2.05, 4.69) is 5.32 Å². The van der Waals surface area contributed by atoms with Crippen molar-refractivity contribution in [3.05, 3.63) is 34.9 Å². The van der Waals surface area contributed by atoms with Gasteiger partial charge >= 0.3 is 0 Å². The summed E-state index contributed by atoms with van der Waals surface area (Å²) >= 11 is 0. The molecule has 0 aliphatic carbocycles. The van der Waals surface area contributed by atoms with E-state index in [0.29, 0.717) is 5.56 Å². The molecule has 3 heteroatoms. The van der Waals surface area contributed by atoms with Crippen molar-refractivity contribution < 1.29 is 9.59 Å². The van der Waals surface area contributed by atoms with E-state index in [4.69, 9.17) is 0 Å². The second kappa shape index (κ2) is 4.70. The smallest absolute Gasteiger partial charge is 0.292 e. The van der Waals surface area contributed by atoms with Crippen molar-refractivity contribution in [2.24, 2.45) is 0 Å². The van der Waals surface area contributed by atoms with Crippen LogP contribution in [0.3, 0.4) is 0 Å². The van der Waals surface area contributed by atoms with Crippen molar-refractivity contribution in [1.82, 2.24) is 5.32 Å². The molecule has 1 amide bonds. The monoisotopic (exact) mass is 233 g/mol. The number of rotatable bonds is 2. The van der Waals surface area contributed by atoms with Gasteiger partial charge in [-0.3, -0.25) is 9.59 Å². The Labute approximate surface area is 102 Å². The van der Waals surface area contributed by atoms with Crippen LogP contribution >= 0.6 is 0 Å². The van der Waals surface area contributed by atoms with Gasteiger partial charge in [-0.25, -0.2) is 0 Å². The zero-order chi connectivity index (χ0) is 13.2. The molecule has 0 aromatic heterocycles. The van der Waals surface area contributed by atoms with Gasteiger partial charge in [-0.2, -0.15) is 0 Å². The Bertz CT molecular complexity index is 456. The van der Waals surface area contributed by atoms with Crippen molar-refractivity contribution >= 4 is 11.7 Å². The fourth-order valence-corrected chi connectivity index (χ4v) is 1.59. The van der Waals surface area contributed by atoms with Gasteiger partial charge in [-0.1, -0.05) is 23.8 Å². The molecule has 0 spiro atoms. The lowest BCUT2D eigenvalue weighted by Gasteiger charge is -2.20. The number of Topliss-reactive ketones (excluding diaryl/α,β-unsaturated/α-hetero) is 1. The molecule has 0 saturated carbocycles. The van der Waals surface area contributed by atoms with Crippen LogP contribution in [0.1, 0.15) is 42.3 Å². The van der Waals surface area contributed by atoms with Gasteiger partial charge in [0.1, 0.15) is 0 Å². The highest BCUT2D eigenvalue weighted by Gasteiger charge is 2.22. The first-order valence-electron chi connectivity index (χ1n) is 5.65. The summed E-state index contributed by atoms with van der Waals surface area (Å²) in [7, 11) is 0. The number of hydrogen-bond donors (Lipinski definition) is 1. The van der Waals surface area contributed by atoms with Crippen LogP contribution in [0.2, 0.25) is 0 Å². The van der Waals surface area contributed by atoms with Crippen LogP contribution in [0.25, 0.3) is 0 Å². The van der Waals surface area contributed by atoms with Crippen molar-refractivity contribution in [2.45, 2.75) is 40.2 Å². The first-order chi connectivity index (χ1) is 7.70. The molecule has 1 aromatic carbocycles. The first-order valence-corrected chi connectivity index (χ1v) is 5.65. The summed E-state index contributed by atoms with van der Waals surface area (Å²) < 4.78 is 0. The van der Waals surface area contributed by atoms with Crippen LogP contribution in [0, 0.1) is 13.8 Å². The van der Waals surface area contributed by atoms with Crippen LogP contribution in [-0.2, 0) is 4.79 Å². The second-order valence-corrected chi connectivity index (χ2v) is 5.35. The molecule has 0 saturated heterocycles. The Morgan fingerprint density at radius 1 is 1.12 bits per heavy atom. The van der Waals surface area contributed by atoms with Gasteiger partial charge in [-0.05, 0) is 40.2 Å². The molecule has 17 heavy (non-hydrogen) atoms. The van der Waals surface area contributed by atoms with Crippen molar-refractivity contribution in [3.8, 4) is 0 Å². The number of nitrogens with one attached hydrogen (secondary N) is 1. The topological polar surface area (TPSA) is 46.2 Å². The molecule has 1 N–H and O–H groups in total. The minimum atomic E-state index is -0.551. The standard InChI is InChI=1S/C14H19NO2/c1-9-6-7-11(10(2)8-9)12(16)13(17)15-14(3,4)5/h6-8H,1-5H3,(H,15,17). The molecule has 3 nitrogen and oxygen atoms in total. The third kappa shape index (κ3) is 3.70. The molecule has 92 valence electrons. The van der Waals surface area contributed by atoms with E-state index < -0.39 is 17.2 Å². The largest absolute Gasteiger partial charge is 0.345 e. The maximum atomic E-state index is 11.9. The lowest BCUT2D eigenvalue weighted by atomic mass is 10.0. The third-order valence-electron chi connectivity index (χ3n) is 2.32. The summed E-state index contributed by atoms with van der Waals surface area (Å²) in [6, 6.07) is 5.44. The normalized spacial score (nSPS) is 11.1. The van der Waals surface area contributed by atoms with Gasteiger partial charge in [-0.15, -0.1) is 0 Å². The Kier molecular flexibility index (Phi) is 3.71. The molecular formula is C14H19NO2. The van der Waals surface area contributed by atoms with Crippen molar-refractivity contribution in [3.63, 3.8) is 0 Å². The lowest BCUT2D eigenvalue weighted by Crippen LogP contribution is -2.44. The Hall–Kier alpha value is -1.64. The van der Waals surface area contributed by atoms with Gasteiger partial charge in [0.2, 0.25) is 5.78 Å². The number of carbonyl (C=O) groups excluding carboxylic acids is 2. The zero-order valence-electron chi connectivity index (χ0n) is 11.0. The van der Waals surface area contributed by atoms with Crippen LogP contribution in [-0.4, -0.2) is 17.2 Å². The maximum Gasteiger partial charge on any atom is 0.292 e. The van der Waals surface area contributed by atoms with Gasteiger partial charge in [0, 0.05) is 11.1 Å². The number of aryl methyl sites for hydroxylation is 2. The molecule has 0 bridgehead atoms. The number of amides is 1. The minimum Gasteiger partial charge on any atom is -0.345 e. The molecule has 0 unspecified atom stereocenters. The predicted octanol–water partition coefficient (Wildman–Crippen LogP) is 2.40. The summed E-state index contributed by atoms with van der Waals surface area (Å²) in [4.78, 5) is 23.7. The lowest BCUT2D eigenvalue weighted by molar-refractivity contribution is -0.118. The fraction of sp³-hybridized carbons (Fsp3) is 0.429. The van der Waals surface area contributed by atoms with Crippen molar-refractivity contribution in [1.29, 1.82) is 0 Å². The van der Waals surface area contributed by atoms with Gasteiger partial charge in [0.05, 0.1) is 0 Å². The van der Waals surface area contributed by atoms with Crippen LogP contribution in [0.5, 0.6) is 0 Å². The Balaban J connectivity index is 2.94. The summed E-state index contributed by atoms with van der Waals surface area (Å²) in [5, 5.41) is 2.67. The average molecular weight is 233 g/mol. The van der Waals surface area contributed by atoms with E-state index in [0.717, 1.165) is 11.1 Å². The summed E-state index contributed by atoms with van der Waals surface area (Å²) in [5.41, 5.74) is 1.98. The van der Waals surface area contributed by atoms with E-state index in [1.807, 2.05) is 46.8 Å². The fourth-order valence-electron chi connectivity index (χ4n) is 1.59. The number of carbonyl (C=O) groups is 2. The van der Waals surface area contributed by atoms with Crippen LogP contribution in [0.15, 0.2) is 18.2 Å². The SMILES string of the molecule is Cc1ccc(C(=O)C(=O)NC(C)(C)C)c(C)c1. The Morgan fingerprint density at radius 3 is 2.18 bits per heavy atom.